The summed E-state index contributed by atoms with van der Waals surface area (Å²) in [6.07, 6.45) is 11.0. The summed E-state index contributed by atoms with van der Waals surface area (Å²) in [5.41, 5.74) is 9.09. The van der Waals surface area contributed by atoms with E-state index in [4.69, 9.17) is 0 Å². The molecule has 0 saturated heterocycles. The molecule has 0 fully saturated rings. The first-order valence-corrected chi connectivity index (χ1v) is 11.7. The molecule has 0 N–H and O–H groups in total. The van der Waals surface area contributed by atoms with E-state index in [1.54, 1.807) is 22.3 Å². The number of benzene rings is 2. The fourth-order valence-electron chi connectivity index (χ4n) is 4.02. The average molecular weight is 402 g/mol. The first-order valence-electron chi connectivity index (χ1n) is 8.88. The van der Waals surface area contributed by atoms with Gasteiger partial charge in [0.25, 0.3) is 0 Å². The summed E-state index contributed by atoms with van der Waals surface area (Å²) in [5.74, 6) is 0. The molecular weight excluding hydrogens is 379 g/mol. The summed E-state index contributed by atoms with van der Waals surface area (Å²) in [5, 5.41) is 0. The van der Waals surface area contributed by atoms with Crippen LogP contribution in [0.25, 0.3) is 12.2 Å². The number of fused-ring (bicyclic) bond motifs is 2. The Morgan fingerprint density at radius 3 is 1.60 bits per heavy atom. The van der Waals surface area contributed by atoms with E-state index in [0.29, 0.717) is 7.25 Å². The molecule has 0 aliphatic heterocycles. The molecule has 25 heavy (non-hydrogen) atoms. The van der Waals surface area contributed by atoms with Crippen LogP contribution in [-0.2, 0) is 23.2 Å². The van der Waals surface area contributed by atoms with Gasteiger partial charge in [-0.3, -0.25) is 0 Å². The van der Waals surface area contributed by atoms with Crippen LogP contribution in [0, 0.1) is 0 Å². The van der Waals surface area contributed by atoms with Crippen molar-refractivity contribution in [2.24, 2.45) is 0 Å². The van der Waals surface area contributed by atoms with Gasteiger partial charge < -0.3 is 0 Å². The van der Waals surface area contributed by atoms with Crippen molar-refractivity contribution in [1.82, 2.24) is 0 Å². The Balaban J connectivity index is 1.70. The van der Waals surface area contributed by atoms with Crippen LogP contribution in [0.1, 0.15) is 42.3 Å². The van der Waals surface area contributed by atoms with Crippen LogP contribution in [0.2, 0.25) is 0 Å². The summed E-state index contributed by atoms with van der Waals surface area (Å²) < 4.78 is 1.31. The minimum atomic E-state index is -0.769. The normalized spacial score (nSPS) is 20.3. The third-order valence-electron chi connectivity index (χ3n) is 5.13. The van der Waals surface area contributed by atoms with Gasteiger partial charge >= 0.3 is 163 Å². The van der Waals surface area contributed by atoms with Gasteiger partial charge in [-0.05, 0) is 0 Å². The van der Waals surface area contributed by atoms with Gasteiger partial charge in [0.15, 0.2) is 0 Å². The second-order valence-corrected chi connectivity index (χ2v) is 10.4. The van der Waals surface area contributed by atoms with Crippen LogP contribution in [-0.4, -0.2) is 0 Å². The zero-order valence-corrected chi connectivity index (χ0v) is 16.9. The molecule has 0 heterocycles. The van der Waals surface area contributed by atoms with Crippen molar-refractivity contribution in [3.05, 3.63) is 107 Å². The molecule has 4 rings (SSSR count). The van der Waals surface area contributed by atoms with Crippen LogP contribution < -0.4 is 0 Å². The summed E-state index contributed by atoms with van der Waals surface area (Å²) in [6.45, 7) is 7.97. The van der Waals surface area contributed by atoms with Crippen molar-refractivity contribution in [2.75, 3.05) is 0 Å². The minimum absolute atomic E-state index is 0.655. The molecule has 0 spiro atoms. The van der Waals surface area contributed by atoms with Gasteiger partial charge in [0.05, 0.1) is 0 Å². The Kier molecular flexibility index (Phi) is 4.86. The molecule has 0 saturated carbocycles. The van der Waals surface area contributed by atoms with E-state index in [-0.39, 0.29) is 0 Å². The van der Waals surface area contributed by atoms with E-state index in [2.05, 4.69) is 86.0 Å². The molecule has 122 valence electrons. The summed E-state index contributed by atoms with van der Waals surface area (Å²) in [6, 6.07) is 17.9. The molecule has 1 heteroatoms. The number of hydrogen-bond donors (Lipinski definition) is 0. The second kappa shape index (κ2) is 7.26. The van der Waals surface area contributed by atoms with Crippen molar-refractivity contribution >= 4 is 12.2 Å². The van der Waals surface area contributed by atoms with Crippen LogP contribution in [0.4, 0.5) is 0 Å². The average Bonchev–Trinajstić information content (AvgIpc) is 3.15. The summed E-state index contributed by atoms with van der Waals surface area (Å²) >= 11 is -0.769. The SMILES string of the molecule is C=CCC1=Cc2ccccc2[CH]1[Zr][CH]1C(CC=C)=Cc2ccccc21. The van der Waals surface area contributed by atoms with Gasteiger partial charge in [0, 0.05) is 0 Å². The first kappa shape index (κ1) is 16.7. The third kappa shape index (κ3) is 3.11. The Morgan fingerprint density at radius 2 is 1.16 bits per heavy atom. The van der Waals surface area contributed by atoms with Gasteiger partial charge in [-0.25, -0.2) is 0 Å². The fourth-order valence-corrected chi connectivity index (χ4v) is 9.06. The van der Waals surface area contributed by atoms with Crippen molar-refractivity contribution in [3.63, 3.8) is 0 Å². The molecule has 2 aliphatic carbocycles. The summed E-state index contributed by atoms with van der Waals surface area (Å²) in [4.78, 5) is 0. The molecule has 0 amide bonds. The van der Waals surface area contributed by atoms with Crippen molar-refractivity contribution in [1.29, 1.82) is 0 Å². The Bertz CT molecular complexity index is 811. The monoisotopic (exact) mass is 400 g/mol. The van der Waals surface area contributed by atoms with E-state index >= 15 is 0 Å². The van der Waals surface area contributed by atoms with Crippen LogP contribution >= 0.6 is 0 Å². The Morgan fingerprint density at radius 1 is 0.720 bits per heavy atom. The zero-order chi connectivity index (χ0) is 17.2. The van der Waals surface area contributed by atoms with Gasteiger partial charge in [-0.2, -0.15) is 0 Å². The molecule has 2 aliphatic rings. The maximum atomic E-state index is 3.99. The first-order chi connectivity index (χ1) is 12.3. The second-order valence-electron chi connectivity index (χ2n) is 6.71. The molecular formula is C24H22Zr. The van der Waals surface area contributed by atoms with Crippen LogP contribution in [0.15, 0.2) is 85.0 Å². The van der Waals surface area contributed by atoms with Gasteiger partial charge in [0.1, 0.15) is 0 Å². The molecule has 2 atom stereocenters. The third-order valence-corrected chi connectivity index (χ3v) is 10.1. The van der Waals surface area contributed by atoms with Crippen molar-refractivity contribution < 1.29 is 23.2 Å². The van der Waals surface area contributed by atoms with Gasteiger partial charge in [-0.1, -0.05) is 0 Å². The molecule has 2 unspecified atom stereocenters. The predicted molar refractivity (Wildman–Crippen MR) is 104 cm³/mol. The van der Waals surface area contributed by atoms with E-state index < -0.39 is 23.2 Å². The van der Waals surface area contributed by atoms with E-state index in [1.807, 2.05) is 0 Å². The number of hydrogen-bond acceptors (Lipinski definition) is 0. The fraction of sp³-hybridized carbons (Fsp3) is 0.167. The van der Waals surface area contributed by atoms with Gasteiger partial charge in [0.2, 0.25) is 0 Å². The molecule has 2 aromatic rings. The van der Waals surface area contributed by atoms with E-state index in [9.17, 15) is 0 Å². The molecule has 0 aromatic heterocycles. The van der Waals surface area contributed by atoms with E-state index in [1.165, 1.54) is 11.1 Å². The van der Waals surface area contributed by atoms with Crippen LogP contribution in [0.5, 0.6) is 0 Å². The molecule has 0 radical (unpaired) electrons. The molecule has 0 bridgehead atoms. The topological polar surface area (TPSA) is 0 Å². The number of rotatable bonds is 6. The zero-order valence-electron chi connectivity index (χ0n) is 14.4. The van der Waals surface area contributed by atoms with Crippen molar-refractivity contribution in [2.45, 2.75) is 20.1 Å². The van der Waals surface area contributed by atoms with Crippen molar-refractivity contribution in [3.8, 4) is 0 Å². The molecule has 0 nitrogen and oxygen atoms in total. The van der Waals surface area contributed by atoms with Gasteiger partial charge in [-0.15, -0.1) is 0 Å². The standard InChI is InChI=1S/2C12H11.Zr/c2*1-2-5-10-8-11-6-3-4-7-12(11)9-10;/h2*2-4,6-9H,1,5H2;. The van der Waals surface area contributed by atoms with Crippen LogP contribution in [0.3, 0.4) is 0 Å². The quantitative estimate of drug-likeness (QED) is 0.485. The maximum absolute atomic E-state index is 3.99. The summed E-state index contributed by atoms with van der Waals surface area (Å²) in [7, 11) is 0. The Hall–Kier alpha value is -1.72. The Labute approximate surface area is 162 Å². The number of allylic oxidation sites excluding steroid dienone is 4. The molecule has 2 aromatic carbocycles. The predicted octanol–water partition coefficient (Wildman–Crippen LogP) is 6.50. The van der Waals surface area contributed by atoms with E-state index in [0.717, 1.165) is 12.8 Å².